The second kappa shape index (κ2) is 66.6. The highest BCUT2D eigenvalue weighted by molar-refractivity contribution is 5.84. The SMILES string of the molecule is CC(=O)NC1C(OCCCC(=O)NCCCCCCNC(=O)OCCCC(N)(CCCOC(=O)NCCCCCCNC(=O)CCCOC2OC(COC(C)=O)C(OC(C)=O)C(OC(C)=O)C2NC(C)=O)COCCC(=O)OC(=O)NCCCCCCNC(=O)CCCOC2OC(COC(C)=O)C(OC(C)=O)C(OC(C)=O)C2NC(C)=O)OC(COC(C)=O)C(OC(C)=O)C1OC(C)=O. The van der Waals surface area contributed by atoms with Crippen molar-refractivity contribution >= 4 is 113 Å². The second-order valence-corrected chi connectivity index (χ2v) is 32.1. The number of carbonyl (C=O) groups excluding carboxylic acids is 19. The maximum Gasteiger partial charge on any atom is 0.414 e. The van der Waals surface area contributed by atoms with E-state index in [0.717, 1.165) is 75.2 Å². The van der Waals surface area contributed by atoms with Crippen LogP contribution in [-0.2, 0) is 167 Å². The molecule has 3 heterocycles. The fraction of sp³-hybridized carbons (Fsp3) is 0.779. The number of nitrogens with two attached hydrogens (primary N) is 1. The fourth-order valence-corrected chi connectivity index (χ4v) is 14.1. The second-order valence-electron chi connectivity index (χ2n) is 32.1. The Morgan fingerprint density at radius 2 is 0.552 bits per heavy atom. The summed E-state index contributed by atoms with van der Waals surface area (Å²) in [6, 6.07) is -3.48. The molecule has 11 N–H and O–H groups in total. The number of nitrogens with one attached hydrogen (secondary N) is 9. The summed E-state index contributed by atoms with van der Waals surface area (Å²) < 4.78 is 105. The van der Waals surface area contributed by atoms with E-state index in [2.05, 4.69) is 47.9 Å². The quantitative estimate of drug-likeness (QED) is 0.0179. The van der Waals surface area contributed by atoms with Gasteiger partial charge in [0, 0.05) is 147 Å². The smallest absolute Gasteiger partial charge is 0.414 e. The number of rotatable bonds is 64. The molecule has 48 nitrogen and oxygen atoms in total. The Morgan fingerprint density at radius 3 is 0.821 bits per heavy atom. The molecule has 0 aromatic rings. The third kappa shape index (κ3) is 52.8. The number of unbranched alkanes of at least 4 members (excludes halogenated alkanes) is 9. The largest absolute Gasteiger partial charge is 0.463 e. The van der Waals surface area contributed by atoms with Crippen molar-refractivity contribution in [3.05, 3.63) is 0 Å². The van der Waals surface area contributed by atoms with Gasteiger partial charge in [-0.15, -0.1) is 0 Å². The lowest BCUT2D eigenvalue weighted by atomic mass is 9.90. The highest BCUT2D eigenvalue weighted by Crippen LogP contribution is 2.32. The normalized spacial score (nSPS) is 21.6. The van der Waals surface area contributed by atoms with E-state index in [1.807, 2.05) is 0 Å². The van der Waals surface area contributed by atoms with E-state index >= 15 is 0 Å². The minimum atomic E-state index is -1.30. The third-order valence-corrected chi connectivity index (χ3v) is 19.9. The monoisotopic (exact) mass is 1920 g/mol. The van der Waals surface area contributed by atoms with E-state index in [9.17, 15) is 91.1 Å². The van der Waals surface area contributed by atoms with Crippen molar-refractivity contribution in [1.82, 2.24) is 47.9 Å². The van der Waals surface area contributed by atoms with Crippen molar-refractivity contribution < 1.29 is 181 Å². The van der Waals surface area contributed by atoms with Gasteiger partial charge in [-0.3, -0.25) is 76.7 Å². The van der Waals surface area contributed by atoms with Crippen LogP contribution in [0.2, 0.25) is 0 Å². The zero-order valence-electron chi connectivity index (χ0n) is 78.8. The molecular formula is C86H140N10O38. The molecule has 0 aliphatic carbocycles. The van der Waals surface area contributed by atoms with Gasteiger partial charge in [-0.2, -0.15) is 0 Å². The minimum absolute atomic E-state index is 0.0303. The number of ether oxygens (including phenoxy) is 19. The summed E-state index contributed by atoms with van der Waals surface area (Å²) in [5.41, 5.74) is 5.80. The Hall–Kier alpha value is -10.8. The summed E-state index contributed by atoms with van der Waals surface area (Å²) in [7, 11) is 0. The van der Waals surface area contributed by atoms with Crippen LogP contribution in [0.1, 0.15) is 231 Å². The fourth-order valence-electron chi connectivity index (χ4n) is 14.1. The van der Waals surface area contributed by atoms with Gasteiger partial charge in [0.25, 0.3) is 0 Å². The average molecular weight is 1920 g/mol. The Kier molecular flexibility index (Phi) is 58.3. The van der Waals surface area contributed by atoms with Gasteiger partial charge in [-0.05, 0) is 83.5 Å². The Labute approximate surface area is 778 Å². The molecule has 0 aromatic heterocycles. The van der Waals surface area contributed by atoms with Crippen molar-refractivity contribution in [1.29, 1.82) is 0 Å². The van der Waals surface area contributed by atoms with Crippen LogP contribution in [0.4, 0.5) is 14.4 Å². The van der Waals surface area contributed by atoms with Crippen LogP contribution in [0.3, 0.4) is 0 Å². The number of amides is 9. The van der Waals surface area contributed by atoms with Crippen LogP contribution in [0.5, 0.6) is 0 Å². The number of hydrogen-bond acceptors (Lipinski definition) is 39. The van der Waals surface area contributed by atoms with Crippen molar-refractivity contribution in [2.45, 2.75) is 328 Å². The molecule has 0 saturated carbocycles. The van der Waals surface area contributed by atoms with E-state index in [4.69, 9.17) is 95.7 Å². The van der Waals surface area contributed by atoms with Crippen LogP contribution in [-0.4, -0.2) is 316 Å². The van der Waals surface area contributed by atoms with E-state index in [1.54, 1.807) is 0 Å². The Morgan fingerprint density at radius 1 is 0.284 bits per heavy atom. The lowest BCUT2D eigenvalue weighted by Gasteiger charge is -2.44. The zero-order valence-corrected chi connectivity index (χ0v) is 78.8. The van der Waals surface area contributed by atoms with Crippen LogP contribution in [0, 0.1) is 0 Å². The van der Waals surface area contributed by atoms with Crippen LogP contribution >= 0.6 is 0 Å². The Balaban J connectivity index is 1.43. The number of alkyl carbamates (subject to hydrolysis) is 3. The third-order valence-electron chi connectivity index (χ3n) is 19.9. The van der Waals surface area contributed by atoms with Gasteiger partial charge < -0.3 is 144 Å². The molecule has 48 heteroatoms. The Bertz CT molecular complexity index is 3580. The van der Waals surface area contributed by atoms with Gasteiger partial charge in [-0.1, -0.05) is 38.5 Å². The van der Waals surface area contributed by atoms with Crippen molar-refractivity contribution in [2.75, 3.05) is 105 Å². The molecule has 3 rings (SSSR count). The number of carbonyl (C=O) groups is 19. The standard InChI is InChI=1S/C86H140N10O38/c1-52(97)94-71-77(128-61(10)106)74(125-58(7)103)64(48-122-55(4)100)131-80(71)117-42-25-30-67(109)88-36-19-13-16-22-39-91-83(113)120-45-28-34-86(87,35-29-46-121-84(114)92-40-23-17-14-20-37-89-68(110)31-26-43-118-81-72(95-53(2)98)78(129-62(11)107)75(126-59(8)104)65(132-81)49-123-56(5)101)51-116-47-33-70(112)134-85(115)93-41-24-18-15-21-38-90-69(111)32-27-44-119-82-73(96-54(3)99)79(130-63(12)108)76(127-60(9)105)66(133-82)50-124-57(6)102/h64-66,71-82H,13-51,87H2,1-12H3,(H,88,109)(H,89,110)(H,90,111)(H,91,113)(H,92,114)(H,93,115)(H,94,97)(H,95,98)(H,96,99). The van der Waals surface area contributed by atoms with Crippen LogP contribution in [0.25, 0.3) is 0 Å². The highest BCUT2D eigenvalue weighted by atomic mass is 16.7. The van der Waals surface area contributed by atoms with E-state index in [-0.39, 0.29) is 141 Å². The van der Waals surface area contributed by atoms with Gasteiger partial charge in [-0.25, -0.2) is 14.4 Å². The minimum Gasteiger partial charge on any atom is -0.463 e. The first kappa shape index (κ1) is 117. The average Bonchev–Trinajstić information content (AvgIpc) is 0.795. The topological polar surface area (TPSA) is 634 Å². The summed E-state index contributed by atoms with van der Waals surface area (Å²) >= 11 is 0. The van der Waals surface area contributed by atoms with Crippen molar-refractivity contribution in [3.63, 3.8) is 0 Å². The first-order valence-corrected chi connectivity index (χ1v) is 45.2. The van der Waals surface area contributed by atoms with Gasteiger partial charge in [0.15, 0.2) is 55.5 Å². The molecule has 0 aromatic carbocycles. The predicted molar refractivity (Wildman–Crippen MR) is 461 cm³/mol. The summed E-state index contributed by atoms with van der Waals surface area (Å²) in [5, 5.41) is 24.3. The van der Waals surface area contributed by atoms with Crippen LogP contribution in [0.15, 0.2) is 0 Å². The molecule has 3 saturated heterocycles. The number of hydrogen-bond donors (Lipinski definition) is 10. The molecule has 3 aliphatic heterocycles. The van der Waals surface area contributed by atoms with Crippen LogP contribution < -0.4 is 53.6 Å². The van der Waals surface area contributed by atoms with E-state index < -0.39 is 213 Å². The highest BCUT2D eigenvalue weighted by Gasteiger charge is 2.55. The summed E-state index contributed by atoms with van der Waals surface area (Å²) in [6.07, 6.45) is -8.04. The first-order chi connectivity index (χ1) is 63.6. The molecule has 762 valence electrons. The maximum atomic E-state index is 12.7. The van der Waals surface area contributed by atoms with E-state index in [0.29, 0.717) is 96.9 Å². The van der Waals surface area contributed by atoms with Gasteiger partial charge in [0.2, 0.25) is 35.4 Å². The predicted octanol–water partition coefficient (Wildman–Crippen LogP) is 1.74. The molecular weight excluding hydrogens is 1780 g/mol. The summed E-state index contributed by atoms with van der Waals surface area (Å²) in [5.74, 6) is -9.87. The molecule has 0 radical (unpaired) electrons. The molecule has 15 unspecified atom stereocenters. The molecule has 3 aliphatic rings. The van der Waals surface area contributed by atoms with Gasteiger partial charge in [0.05, 0.1) is 52.7 Å². The maximum absolute atomic E-state index is 12.7. The van der Waals surface area contributed by atoms with Gasteiger partial charge >= 0.3 is 78.0 Å². The summed E-state index contributed by atoms with van der Waals surface area (Å²) in [4.78, 5) is 233. The molecule has 0 bridgehead atoms. The molecule has 0 spiro atoms. The zero-order chi connectivity index (χ0) is 99.5. The molecule has 134 heavy (non-hydrogen) atoms. The first-order valence-electron chi connectivity index (χ1n) is 45.2. The lowest BCUT2D eigenvalue weighted by molar-refractivity contribution is -0.277. The van der Waals surface area contributed by atoms with Crippen molar-refractivity contribution in [2.24, 2.45) is 5.73 Å². The van der Waals surface area contributed by atoms with E-state index in [1.165, 1.54) is 20.8 Å². The van der Waals surface area contributed by atoms with Gasteiger partial charge in [0.1, 0.15) is 56.3 Å². The number of esters is 10. The molecule has 15 atom stereocenters. The van der Waals surface area contributed by atoms with Crippen molar-refractivity contribution in [3.8, 4) is 0 Å². The molecule has 9 amide bonds. The summed E-state index contributed by atoms with van der Waals surface area (Å²) in [6.45, 7) is 14.0. The lowest BCUT2D eigenvalue weighted by Crippen LogP contribution is -2.66. The molecule has 3 fully saturated rings.